The van der Waals surface area contributed by atoms with Crippen molar-refractivity contribution >= 4 is 29.1 Å². The number of para-hydroxylation sites is 1. The number of nitrogens with zero attached hydrogens (tertiary/aromatic N) is 2. The van der Waals surface area contributed by atoms with Gasteiger partial charge in [-0.3, -0.25) is 14.4 Å². The van der Waals surface area contributed by atoms with Crippen LogP contribution in [0.2, 0.25) is 0 Å². The number of benzodiazepines with no additional fused rings is 1. The zero-order valence-corrected chi connectivity index (χ0v) is 21.6. The molecule has 42 heavy (non-hydrogen) atoms. The van der Waals surface area contributed by atoms with E-state index >= 15 is 0 Å². The van der Waals surface area contributed by atoms with Gasteiger partial charge in [0.25, 0.3) is 5.91 Å². The lowest BCUT2D eigenvalue weighted by Gasteiger charge is -2.22. The molecule has 2 aromatic rings. The van der Waals surface area contributed by atoms with Gasteiger partial charge in [0.1, 0.15) is 0 Å². The molecule has 3 atom stereocenters. The van der Waals surface area contributed by atoms with Gasteiger partial charge in [0, 0.05) is 24.0 Å². The second-order valence-electron chi connectivity index (χ2n) is 9.98. The third-order valence-corrected chi connectivity index (χ3v) is 7.04. The van der Waals surface area contributed by atoms with Crippen LogP contribution in [0.3, 0.4) is 0 Å². The van der Waals surface area contributed by atoms with Crippen molar-refractivity contribution in [1.82, 2.24) is 4.90 Å². The molecule has 1 saturated heterocycles. The highest BCUT2D eigenvalue weighted by molar-refractivity contribution is 6.21. The molecule has 1 fully saturated rings. The second kappa shape index (κ2) is 11.1. The normalized spacial score (nSPS) is 21.7. The number of aliphatic imine (C=N–C) groups is 1. The number of nitrogens with one attached hydrogen (secondary N) is 1. The van der Waals surface area contributed by atoms with Crippen LogP contribution in [0, 0.1) is 18.8 Å². The first kappa shape index (κ1) is 31.0. The molecule has 2 aliphatic rings. The number of anilines is 1. The summed E-state index contributed by atoms with van der Waals surface area (Å²) in [4.78, 5) is 44.5. The van der Waals surface area contributed by atoms with E-state index < -0.39 is 85.5 Å². The maximum Gasteiger partial charge on any atom is 0.416 e. The van der Waals surface area contributed by atoms with E-state index in [1.54, 1.807) is 13.0 Å². The summed E-state index contributed by atoms with van der Waals surface area (Å²) >= 11 is 0. The molecule has 4 rings (SSSR count). The molecule has 0 bridgehead atoms. The topological polar surface area (TPSA) is 78.8 Å². The Kier molecular flexibility index (Phi) is 8.17. The molecule has 0 radical (unpaired) electrons. The van der Waals surface area contributed by atoms with Gasteiger partial charge in [-0.2, -0.15) is 39.5 Å². The number of aryl methyl sites for hydroxylation is 1. The molecular weight excluding hydrogens is 585 g/mol. The molecule has 15 heteroatoms. The van der Waals surface area contributed by atoms with Gasteiger partial charge in [-0.1, -0.05) is 30.3 Å². The second-order valence-corrected chi connectivity index (χ2v) is 9.98. The van der Waals surface area contributed by atoms with E-state index in [0.29, 0.717) is 5.56 Å². The number of halogens is 9. The van der Waals surface area contributed by atoms with E-state index in [-0.39, 0.29) is 27.4 Å². The highest BCUT2D eigenvalue weighted by atomic mass is 19.4. The van der Waals surface area contributed by atoms with Crippen molar-refractivity contribution in [2.24, 2.45) is 16.8 Å². The van der Waals surface area contributed by atoms with Crippen molar-refractivity contribution in [3.05, 3.63) is 64.7 Å². The highest BCUT2D eigenvalue weighted by Crippen LogP contribution is 2.40. The molecule has 0 spiro atoms. The summed E-state index contributed by atoms with van der Waals surface area (Å²) in [5.74, 6) is -7.43. The van der Waals surface area contributed by atoms with Crippen molar-refractivity contribution in [2.45, 2.75) is 57.3 Å². The van der Waals surface area contributed by atoms with Crippen LogP contribution in [-0.2, 0) is 20.6 Å². The lowest BCUT2D eigenvalue weighted by Crippen LogP contribution is -2.46. The number of carbonyl (C=O) groups excluding carboxylic acids is 3. The minimum atomic E-state index is -4.79. The van der Waals surface area contributed by atoms with E-state index in [1.807, 2.05) is 0 Å². The highest BCUT2D eigenvalue weighted by Gasteiger charge is 2.53. The number of likely N-dealkylation sites (tertiary alicyclic amines) is 1. The summed E-state index contributed by atoms with van der Waals surface area (Å²) in [5.41, 5.74) is -0.876. The minimum Gasteiger partial charge on any atom is -0.322 e. The standard InChI is InChI=1S/C27H22F9N3O3/c1-13-4-2-7-18-19(13)38-22(40)21(37-20(18)14-5-3-6-15(12-14)27(34,35)36)39-23(41)16(8-10-25(28,29)30)17(24(39)42)9-11-26(31,32)33/h2-7,12,16-17,21H,8-11H2,1H3,(H,38,40)/t16-,17+,21-/m0/s1. The van der Waals surface area contributed by atoms with Crippen molar-refractivity contribution in [1.29, 1.82) is 0 Å². The number of alkyl halides is 9. The Hall–Kier alpha value is -3.91. The quantitative estimate of drug-likeness (QED) is 0.304. The third kappa shape index (κ3) is 6.59. The number of hydrogen-bond donors (Lipinski definition) is 1. The molecule has 2 aliphatic heterocycles. The van der Waals surface area contributed by atoms with Gasteiger partial charge in [0.2, 0.25) is 18.0 Å². The average Bonchev–Trinajstić information content (AvgIpc) is 3.00. The van der Waals surface area contributed by atoms with E-state index in [0.717, 1.165) is 18.2 Å². The first-order valence-corrected chi connectivity index (χ1v) is 12.5. The van der Waals surface area contributed by atoms with E-state index in [4.69, 9.17) is 0 Å². The maximum absolute atomic E-state index is 13.5. The zero-order chi connectivity index (χ0) is 31.2. The van der Waals surface area contributed by atoms with Crippen molar-refractivity contribution in [3.8, 4) is 0 Å². The van der Waals surface area contributed by atoms with Crippen LogP contribution in [0.5, 0.6) is 0 Å². The number of fused-ring (bicyclic) bond motifs is 1. The van der Waals surface area contributed by atoms with Gasteiger partial charge in [-0.05, 0) is 37.5 Å². The first-order valence-electron chi connectivity index (χ1n) is 12.5. The van der Waals surface area contributed by atoms with Crippen LogP contribution in [-0.4, -0.2) is 46.9 Å². The zero-order valence-electron chi connectivity index (χ0n) is 21.6. The lowest BCUT2D eigenvalue weighted by molar-refractivity contribution is -0.147. The van der Waals surface area contributed by atoms with Gasteiger partial charge in [0.15, 0.2) is 0 Å². The molecule has 0 unspecified atom stereocenters. The molecule has 6 nitrogen and oxygen atoms in total. The summed E-state index contributed by atoms with van der Waals surface area (Å²) < 4.78 is 118. The predicted molar refractivity (Wildman–Crippen MR) is 130 cm³/mol. The van der Waals surface area contributed by atoms with E-state index in [2.05, 4.69) is 10.3 Å². The van der Waals surface area contributed by atoms with Gasteiger partial charge in [-0.15, -0.1) is 0 Å². The summed E-state index contributed by atoms with van der Waals surface area (Å²) in [6.45, 7) is 1.55. The van der Waals surface area contributed by atoms with E-state index in [9.17, 15) is 53.9 Å². The van der Waals surface area contributed by atoms with Crippen LogP contribution < -0.4 is 5.32 Å². The molecule has 226 valence electrons. The fourth-order valence-corrected chi connectivity index (χ4v) is 5.06. The Morgan fingerprint density at radius 2 is 1.36 bits per heavy atom. The molecule has 3 amide bonds. The van der Waals surface area contributed by atoms with Crippen LogP contribution in [0.15, 0.2) is 47.5 Å². The SMILES string of the molecule is Cc1cccc2c1NC(=O)[C@H](N1C(=O)[C@@H](CCC(F)(F)F)[C@@H](CCC(F)(F)F)C1=O)N=C2c1cccc(C(F)(F)F)c1. The summed E-state index contributed by atoms with van der Waals surface area (Å²) in [6, 6.07) is 8.28. The molecule has 0 saturated carbocycles. The molecule has 2 heterocycles. The summed E-state index contributed by atoms with van der Waals surface area (Å²) in [6.07, 6.45) is -21.7. The molecule has 0 aromatic heterocycles. The monoisotopic (exact) mass is 607 g/mol. The largest absolute Gasteiger partial charge is 0.416 e. The number of rotatable bonds is 6. The number of hydrogen-bond acceptors (Lipinski definition) is 4. The summed E-state index contributed by atoms with van der Waals surface area (Å²) in [7, 11) is 0. The van der Waals surface area contributed by atoms with E-state index in [1.165, 1.54) is 18.2 Å². The third-order valence-electron chi connectivity index (χ3n) is 7.04. The van der Waals surface area contributed by atoms with Crippen LogP contribution in [0.25, 0.3) is 0 Å². The molecule has 1 N–H and O–H groups in total. The molecule has 0 aliphatic carbocycles. The number of carbonyl (C=O) groups is 3. The van der Waals surface area contributed by atoms with Gasteiger partial charge >= 0.3 is 18.5 Å². The number of imide groups is 1. The Labute approximate surface area is 232 Å². The Morgan fingerprint density at radius 3 is 1.88 bits per heavy atom. The summed E-state index contributed by atoms with van der Waals surface area (Å²) in [5, 5.41) is 2.46. The van der Waals surface area contributed by atoms with Crippen molar-refractivity contribution in [2.75, 3.05) is 5.32 Å². The van der Waals surface area contributed by atoms with Crippen molar-refractivity contribution in [3.63, 3.8) is 0 Å². The Morgan fingerprint density at radius 1 is 0.810 bits per heavy atom. The first-order chi connectivity index (χ1) is 19.4. The molecule has 2 aromatic carbocycles. The maximum atomic E-state index is 13.5. The van der Waals surface area contributed by atoms with Crippen LogP contribution in [0.1, 0.15) is 47.9 Å². The molecular formula is C27H22F9N3O3. The van der Waals surface area contributed by atoms with Gasteiger partial charge in [0.05, 0.1) is 28.8 Å². The van der Waals surface area contributed by atoms with Crippen molar-refractivity contribution < 1.29 is 53.9 Å². The smallest absolute Gasteiger partial charge is 0.322 e. The fourth-order valence-electron chi connectivity index (χ4n) is 5.06. The van der Waals surface area contributed by atoms with Gasteiger partial charge < -0.3 is 5.32 Å². The lowest BCUT2D eigenvalue weighted by atomic mass is 9.87. The average molecular weight is 607 g/mol. The predicted octanol–water partition coefficient (Wildman–Crippen LogP) is 6.42. The van der Waals surface area contributed by atoms with Gasteiger partial charge in [-0.25, -0.2) is 9.89 Å². The minimum absolute atomic E-state index is 0.0856. The van der Waals surface area contributed by atoms with Crippen LogP contribution in [0.4, 0.5) is 45.2 Å². The number of benzene rings is 2. The number of amides is 3. The Balaban J connectivity index is 1.83. The van der Waals surface area contributed by atoms with Crippen LogP contribution >= 0.6 is 0 Å². The Bertz CT molecular complexity index is 1390. The fraction of sp³-hybridized carbons (Fsp3) is 0.407.